The molecule has 1 aliphatic heterocycles. The summed E-state index contributed by atoms with van der Waals surface area (Å²) in [4.78, 5) is 13.6. The van der Waals surface area contributed by atoms with E-state index in [-0.39, 0.29) is 11.3 Å². The third-order valence-electron chi connectivity index (χ3n) is 6.04. The van der Waals surface area contributed by atoms with Gasteiger partial charge in [0.15, 0.2) is 0 Å². The molecule has 0 spiro atoms. The zero-order valence-corrected chi connectivity index (χ0v) is 20.5. The molecule has 0 amide bonds. The highest BCUT2D eigenvalue weighted by Crippen LogP contribution is 2.33. The first kappa shape index (κ1) is 23.7. The van der Waals surface area contributed by atoms with Crippen molar-refractivity contribution in [3.05, 3.63) is 76.4 Å². The number of furan rings is 1. The molecule has 0 bridgehead atoms. The third-order valence-corrected chi connectivity index (χ3v) is 6.85. The molecule has 3 heterocycles. The lowest BCUT2D eigenvalue weighted by atomic mass is 10.2. The lowest BCUT2D eigenvalue weighted by Gasteiger charge is -2.36. The van der Waals surface area contributed by atoms with E-state index in [0.29, 0.717) is 40.3 Å². The normalized spacial score (nSPS) is 14.4. The van der Waals surface area contributed by atoms with Gasteiger partial charge in [-0.3, -0.25) is 4.90 Å². The van der Waals surface area contributed by atoms with Crippen molar-refractivity contribution in [1.82, 2.24) is 14.9 Å². The second-order valence-corrected chi connectivity index (χ2v) is 9.08. The van der Waals surface area contributed by atoms with E-state index in [2.05, 4.69) is 30.4 Å². The van der Waals surface area contributed by atoms with E-state index in [0.717, 1.165) is 44.2 Å². The Morgan fingerprint density at radius 2 is 1.77 bits per heavy atom. The lowest BCUT2D eigenvalue weighted by molar-refractivity contribution is 0.267. The summed E-state index contributed by atoms with van der Waals surface area (Å²) in [6.07, 6.45) is 1.62. The maximum Gasteiger partial charge on any atom is 0.225 e. The van der Waals surface area contributed by atoms with Crippen LogP contribution in [0.2, 0.25) is 10.0 Å². The lowest BCUT2D eigenvalue weighted by Crippen LogP contribution is -2.47. The Morgan fingerprint density at radius 3 is 2.57 bits per heavy atom. The zero-order chi connectivity index (χ0) is 24.2. The van der Waals surface area contributed by atoms with Crippen LogP contribution in [0.15, 0.2) is 59.2 Å². The van der Waals surface area contributed by atoms with Crippen LogP contribution in [0.4, 0.5) is 21.8 Å². The van der Waals surface area contributed by atoms with Crippen LogP contribution in [-0.4, -0.2) is 54.1 Å². The maximum atomic E-state index is 14.5. The van der Waals surface area contributed by atoms with Crippen LogP contribution in [0, 0.1) is 5.82 Å². The SMILES string of the molecule is Fc1cccc2c(NCc3ccco3)nc(NCCN3CCN(c4cccc(Cl)c4Cl)CC3)nc12. The predicted molar refractivity (Wildman–Crippen MR) is 139 cm³/mol. The average molecular weight is 515 g/mol. The monoisotopic (exact) mass is 514 g/mol. The predicted octanol–water partition coefficient (Wildman–Crippen LogP) is 5.51. The molecule has 182 valence electrons. The summed E-state index contributed by atoms with van der Waals surface area (Å²) in [6, 6.07) is 14.3. The number of benzene rings is 2. The molecule has 7 nitrogen and oxygen atoms in total. The minimum Gasteiger partial charge on any atom is -0.467 e. The second kappa shape index (κ2) is 10.7. The zero-order valence-electron chi connectivity index (χ0n) is 19.0. The van der Waals surface area contributed by atoms with Gasteiger partial charge in [-0.2, -0.15) is 4.98 Å². The molecule has 0 radical (unpaired) electrons. The van der Waals surface area contributed by atoms with Gasteiger partial charge in [0, 0.05) is 44.7 Å². The number of nitrogens with zero attached hydrogens (tertiary/aromatic N) is 4. The molecule has 1 fully saturated rings. The molecular weight excluding hydrogens is 490 g/mol. The van der Waals surface area contributed by atoms with Crippen LogP contribution in [0.25, 0.3) is 10.9 Å². The van der Waals surface area contributed by atoms with Gasteiger partial charge >= 0.3 is 0 Å². The number of piperazine rings is 1. The van der Waals surface area contributed by atoms with Gasteiger partial charge in [-0.05, 0) is 36.4 Å². The van der Waals surface area contributed by atoms with E-state index in [4.69, 9.17) is 27.6 Å². The molecule has 0 atom stereocenters. The highest BCUT2D eigenvalue weighted by molar-refractivity contribution is 6.43. The second-order valence-electron chi connectivity index (χ2n) is 8.29. The van der Waals surface area contributed by atoms with Crippen molar-refractivity contribution in [2.24, 2.45) is 0 Å². The number of nitrogens with one attached hydrogen (secondary N) is 2. The molecule has 1 saturated heterocycles. The van der Waals surface area contributed by atoms with Crippen molar-refractivity contribution in [3.63, 3.8) is 0 Å². The topological polar surface area (TPSA) is 69.5 Å². The highest BCUT2D eigenvalue weighted by atomic mass is 35.5. The Kier molecular flexibility index (Phi) is 7.22. The van der Waals surface area contributed by atoms with Crippen molar-refractivity contribution < 1.29 is 8.81 Å². The molecule has 5 rings (SSSR count). The molecule has 0 saturated carbocycles. The van der Waals surface area contributed by atoms with Gasteiger partial charge < -0.3 is 20.0 Å². The fraction of sp³-hybridized carbons (Fsp3) is 0.280. The minimum absolute atomic E-state index is 0.277. The van der Waals surface area contributed by atoms with Gasteiger partial charge in [0.1, 0.15) is 22.9 Å². The first-order valence-electron chi connectivity index (χ1n) is 11.5. The Morgan fingerprint density at radius 1 is 0.943 bits per heavy atom. The maximum absolute atomic E-state index is 14.5. The first-order chi connectivity index (χ1) is 17.1. The number of hydrogen-bond acceptors (Lipinski definition) is 7. The van der Waals surface area contributed by atoms with Gasteiger partial charge in [-0.1, -0.05) is 35.3 Å². The number of hydrogen-bond donors (Lipinski definition) is 2. The number of aromatic nitrogens is 2. The van der Waals surface area contributed by atoms with E-state index in [1.54, 1.807) is 24.5 Å². The van der Waals surface area contributed by atoms with E-state index in [1.165, 1.54) is 6.07 Å². The van der Waals surface area contributed by atoms with E-state index < -0.39 is 0 Å². The largest absolute Gasteiger partial charge is 0.467 e. The fourth-order valence-electron chi connectivity index (χ4n) is 4.19. The van der Waals surface area contributed by atoms with Crippen molar-refractivity contribution in [3.8, 4) is 0 Å². The summed E-state index contributed by atoms with van der Waals surface area (Å²) in [6.45, 7) is 5.40. The molecule has 1 aliphatic rings. The van der Waals surface area contributed by atoms with Gasteiger partial charge in [-0.15, -0.1) is 0 Å². The van der Waals surface area contributed by atoms with Crippen LogP contribution in [-0.2, 0) is 6.54 Å². The Labute approximate surface area is 212 Å². The number of para-hydroxylation sites is 1. The third kappa shape index (κ3) is 5.45. The summed E-state index contributed by atoms with van der Waals surface area (Å²) in [7, 11) is 0. The summed E-state index contributed by atoms with van der Waals surface area (Å²) in [5, 5.41) is 8.29. The molecule has 10 heteroatoms. The van der Waals surface area contributed by atoms with Crippen LogP contribution in [0.5, 0.6) is 0 Å². The summed E-state index contributed by atoms with van der Waals surface area (Å²) in [5.74, 6) is 1.32. The average Bonchev–Trinajstić information content (AvgIpc) is 3.39. The molecular formula is C25H25Cl2FN6O. The van der Waals surface area contributed by atoms with Crippen LogP contribution in [0.1, 0.15) is 5.76 Å². The number of anilines is 3. The molecule has 0 aliphatic carbocycles. The van der Waals surface area contributed by atoms with Crippen molar-refractivity contribution in [2.45, 2.75) is 6.54 Å². The Balaban J connectivity index is 1.20. The summed E-state index contributed by atoms with van der Waals surface area (Å²) >= 11 is 12.6. The molecule has 2 N–H and O–H groups in total. The van der Waals surface area contributed by atoms with Crippen molar-refractivity contribution in [1.29, 1.82) is 0 Å². The quantitative estimate of drug-likeness (QED) is 0.321. The molecule has 0 unspecified atom stereocenters. The van der Waals surface area contributed by atoms with Crippen LogP contribution < -0.4 is 15.5 Å². The first-order valence-corrected chi connectivity index (χ1v) is 12.2. The Hall–Kier alpha value is -3.07. The van der Waals surface area contributed by atoms with E-state index in [1.807, 2.05) is 24.3 Å². The minimum atomic E-state index is -0.384. The van der Waals surface area contributed by atoms with E-state index in [9.17, 15) is 4.39 Å². The molecule has 4 aromatic rings. The highest BCUT2D eigenvalue weighted by Gasteiger charge is 2.20. The number of rotatable bonds is 8. The van der Waals surface area contributed by atoms with Crippen molar-refractivity contribution >= 4 is 51.6 Å². The van der Waals surface area contributed by atoms with Gasteiger partial charge in [0.25, 0.3) is 0 Å². The fourth-order valence-corrected chi connectivity index (χ4v) is 4.60. The van der Waals surface area contributed by atoms with Crippen molar-refractivity contribution in [2.75, 3.05) is 54.8 Å². The molecule has 2 aromatic heterocycles. The van der Waals surface area contributed by atoms with Crippen LogP contribution in [0.3, 0.4) is 0 Å². The van der Waals surface area contributed by atoms with Gasteiger partial charge in [0.05, 0.1) is 28.5 Å². The summed E-state index contributed by atoms with van der Waals surface area (Å²) < 4.78 is 19.9. The smallest absolute Gasteiger partial charge is 0.225 e. The van der Waals surface area contributed by atoms with E-state index >= 15 is 0 Å². The number of fused-ring (bicyclic) bond motifs is 1. The van der Waals surface area contributed by atoms with Crippen LogP contribution >= 0.6 is 23.2 Å². The molecule has 35 heavy (non-hydrogen) atoms. The van der Waals surface area contributed by atoms with Gasteiger partial charge in [0.2, 0.25) is 5.95 Å². The summed E-state index contributed by atoms with van der Waals surface area (Å²) in [5.41, 5.74) is 1.25. The molecule has 2 aromatic carbocycles. The Bertz CT molecular complexity index is 1290. The van der Waals surface area contributed by atoms with Gasteiger partial charge in [-0.25, -0.2) is 9.37 Å². The number of halogens is 3. The standard InChI is InChI=1S/C25H25Cl2FN6O/c26-19-6-2-8-21(22(19)27)34-13-11-33(12-14-34)10-9-29-25-31-23-18(5-1-7-20(23)28)24(32-25)30-16-17-4-3-15-35-17/h1-8,15H,9-14,16H2,(H2,29,30,31,32).